The van der Waals surface area contributed by atoms with Gasteiger partial charge in [0.15, 0.2) is 5.82 Å². The summed E-state index contributed by atoms with van der Waals surface area (Å²) in [6.07, 6.45) is -0.332. The number of nitrogens with one attached hydrogen (secondary N) is 1. The fourth-order valence-electron chi connectivity index (χ4n) is 2.98. The number of hydrogen-bond acceptors (Lipinski definition) is 5. The highest BCUT2D eigenvalue weighted by Gasteiger charge is 2.26. The van der Waals surface area contributed by atoms with Crippen molar-refractivity contribution in [3.63, 3.8) is 0 Å². The monoisotopic (exact) mass is 403 g/mol. The molecule has 0 bridgehead atoms. The lowest BCUT2D eigenvalue weighted by Crippen LogP contribution is -2.23. The van der Waals surface area contributed by atoms with Crippen LogP contribution in [0.2, 0.25) is 0 Å². The van der Waals surface area contributed by atoms with Gasteiger partial charge in [0.2, 0.25) is 0 Å². The molecule has 6 heteroatoms. The van der Waals surface area contributed by atoms with E-state index in [1.807, 2.05) is 62.4 Å². The Morgan fingerprint density at radius 3 is 2.27 bits per heavy atom. The number of amides is 1. The number of aryl methyl sites for hydroxylation is 3. The summed E-state index contributed by atoms with van der Waals surface area (Å²) in [4.78, 5) is 34.8. The SMILES string of the molecule is Cc1ccc(NC(=O)c2nc(-c3ccccc3)nc(C)c2C(=O)OC(C)C)cc1C. The Labute approximate surface area is 176 Å². The molecule has 0 fully saturated rings. The number of hydrogen-bond donors (Lipinski definition) is 1. The van der Waals surface area contributed by atoms with Gasteiger partial charge in [-0.15, -0.1) is 0 Å². The average Bonchev–Trinajstić information content (AvgIpc) is 2.70. The third-order valence-corrected chi connectivity index (χ3v) is 4.65. The number of carbonyl (C=O) groups excluding carboxylic acids is 2. The van der Waals surface area contributed by atoms with E-state index in [0.717, 1.165) is 16.7 Å². The molecule has 2 aromatic carbocycles. The van der Waals surface area contributed by atoms with E-state index in [0.29, 0.717) is 17.2 Å². The highest BCUT2D eigenvalue weighted by Crippen LogP contribution is 2.22. The quantitative estimate of drug-likeness (QED) is 0.614. The Morgan fingerprint density at radius 1 is 0.933 bits per heavy atom. The van der Waals surface area contributed by atoms with Crippen molar-refractivity contribution >= 4 is 17.6 Å². The molecule has 0 radical (unpaired) electrons. The van der Waals surface area contributed by atoms with E-state index in [1.165, 1.54) is 0 Å². The fraction of sp³-hybridized carbons (Fsp3) is 0.250. The third kappa shape index (κ3) is 4.71. The second kappa shape index (κ2) is 8.86. The van der Waals surface area contributed by atoms with Crippen LogP contribution < -0.4 is 5.32 Å². The molecule has 154 valence electrons. The van der Waals surface area contributed by atoms with E-state index < -0.39 is 11.9 Å². The minimum Gasteiger partial charge on any atom is -0.459 e. The number of ether oxygens (including phenoxy) is 1. The minimum atomic E-state index is -0.618. The van der Waals surface area contributed by atoms with Crippen LogP contribution in [0.5, 0.6) is 0 Å². The van der Waals surface area contributed by atoms with E-state index in [-0.39, 0.29) is 17.4 Å². The first kappa shape index (κ1) is 21.2. The molecule has 0 aliphatic rings. The molecule has 1 N–H and O–H groups in total. The van der Waals surface area contributed by atoms with Gasteiger partial charge in [0.1, 0.15) is 11.3 Å². The molecule has 0 saturated heterocycles. The summed E-state index contributed by atoms with van der Waals surface area (Å²) in [5.41, 5.74) is 4.01. The Hall–Kier alpha value is -3.54. The molecule has 1 amide bonds. The molecule has 0 aliphatic carbocycles. The highest BCUT2D eigenvalue weighted by atomic mass is 16.5. The number of nitrogens with zero attached hydrogens (tertiary/aromatic N) is 2. The van der Waals surface area contributed by atoms with Gasteiger partial charge in [0.25, 0.3) is 5.91 Å². The summed E-state index contributed by atoms with van der Waals surface area (Å²) in [7, 11) is 0. The number of anilines is 1. The first-order valence-electron chi connectivity index (χ1n) is 9.80. The van der Waals surface area contributed by atoms with Gasteiger partial charge in [-0.1, -0.05) is 36.4 Å². The Morgan fingerprint density at radius 2 is 1.63 bits per heavy atom. The molecular formula is C24H25N3O3. The van der Waals surface area contributed by atoms with Crippen molar-refractivity contribution in [2.45, 2.75) is 40.7 Å². The van der Waals surface area contributed by atoms with Gasteiger partial charge in [-0.3, -0.25) is 4.79 Å². The average molecular weight is 403 g/mol. The summed E-state index contributed by atoms with van der Waals surface area (Å²) < 4.78 is 5.34. The highest BCUT2D eigenvalue weighted by molar-refractivity contribution is 6.10. The van der Waals surface area contributed by atoms with E-state index in [1.54, 1.807) is 20.8 Å². The molecule has 0 saturated carbocycles. The molecule has 0 aliphatic heterocycles. The smallest absolute Gasteiger partial charge is 0.342 e. The maximum absolute atomic E-state index is 13.1. The molecule has 3 aromatic rings. The van der Waals surface area contributed by atoms with Crippen LogP contribution in [0.1, 0.15) is 51.5 Å². The lowest BCUT2D eigenvalue weighted by atomic mass is 10.1. The van der Waals surface area contributed by atoms with E-state index >= 15 is 0 Å². The molecule has 1 aromatic heterocycles. The maximum atomic E-state index is 13.1. The zero-order valence-corrected chi connectivity index (χ0v) is 17.8. The van der Waals surface area contributed by atoms with Crippen LogP contribution in [-0.4, -0.2) is 27.9 Å². The third-order valence-electron chi connectivity index (χ3n) is 4.65. The largest absolute Gasteiger partial charge is 0.459 e. The predicted octanol–water partition coefficient (Wildman–Crippen LogP) is 4.89. The summed E-state index contributed by atoms with van der Waals surface area (Å²) in [6, 6.07) is 15.0. The Bertz CT molecular complexity index is 1090. The van der Waals surface area contributed by atoms with Gasteiger partial charge in [-0.05, 0) is 57.9 Å². The first-order valence-corrected chi connectivity index (χ1v) is 9.80. The lowest BCUT2D eigenvalue weighted by molar-refractivity contribution is 0.0373. The summed E-state index contributed by atoms with van der Waals surface area (Å²) in [5.74, 6) is -0.733. The van der Waals surface area contributed by atoms with Gasteiger partial charge in [-0.2, -0.15) is 0 Å². The minimum absolute atomic E-state index is 0.00905. The van der Waals surface area contributed by atoms with Crippen molar-refractivity contribution in [2.75, 3.05) is 5.32 Å². The molecule has 30 heavy (non-hydrogen) atoms. The molecule has 0 atom stereocenters. The van der Waals surface area contributed by atoms with Gasteiger partial charge < -0.3 is 10.1 Å². The Kier molecular flexibility index (Phi) is 6.26. The van der Waals surface area contributed by atoms with Crippen LogP contribution in [0.25, 0.3) is 11.4 Å². The van der Waals surface area contributed by atoms with Crippen LogP contribution >= 0.6 is 0 Å². The number of rotatable bonds is 5. The number of esters is 1. The van der Waals surface area contributed by atoms with Gasteiger partial charge in [0, 0.05) is 11.3 Å². The normalized spacial score (nSPS) is 10.7. The fourth-order valence-corrected chi connectivity index (χ4v) is 2.98. The first-order chi connectivity index (χ1) is 14.3. The van der Waals surface area contributed by atoms with Crippen molar-refractivity contribution in [3.8, 4) is 11.4 Å². The summed E-state index contributed by atoms with van der Waals surface area (Å²) in [6.45, 7) is 9.15. The standard InChI is InChI=1S/C24H25N3O3/c1-14(2)30-24(29)20-17(5)25-22(18-9-7-6-8-10-18)27-21(20)23(28)26-19-12-11-15(3)16(4)13-19/h6-14H,1-5H3,(H,26,28). The zero-order valence-electron chi connectivity index (χ0n) is 17.8. The Balaban J connectivity index is 2.07. The van der Waals surface area contributed by atoms with Gasteiger partial charge in [0.05, 0.1) is 11.8 Å². The molecular weight excluding hydrogens is 378 g/mol. The van der Waals surface area contributed by atoms with Crippen LogP contribution in [0.15, 0.2) is 48.5 Å². The molecule has 1 heterocycles. The van der Waals surface area contributed by atoms with Gasteiger partial charge in [-0.25, -0.2) is 14.8 Å². The second-order valence-electron chi connectivity index (χ2n) is 7.43. The predicted molar refractivity (Wildman–Crippen MR) is 117 cm³/mol. The van der Waals surface area contributed by atoms with E-state index in [2.05, 4.69) is 15.3 Å². The summed E-state index contributed by atoms with van der Waals surface area (Å²) in [5, 5.41) is 2.84. The topological polar surface area (TPSA) is 81.2 Å². The lowest BCUT2D eigenvalue weighted by Gasteiger charge is -2.15. The van der Waals surface area contributed by atoms with Crippen LogP contribution in [0, 0.1) is 20.8 Å². The molecule has 0 unspecified atom stereocenters. The number of carbonyl (C=O) groups is 2. The van der Waals surface area contributed by atoms with Crippen molar-refractivity contribution in [3.05, 3.63) is 76.6 Å². The zero-order chi connectivity index (χ0) is 21.8. The van der Waals surface area contributed by atoms with Crippen molar-refractivity contribution in [1.82, 2.24) is 9.97 Å². The van der Waals surface area contributed by atoms with Gasteiger partial charge >= 0.3 is 5.97 Å². The molecule has 0 spiro atoms. The van der Waals surface area contributed by atoms with Crippen molar-refractivity contribution in [1.29, 1.82) is 0 Å². The maximum Gasteiger partial charge on any atom is 0.342 e. The second-order valence-corrected chi connectivity index (χ2v) is 7.43. The number of benzene rings is 2. The van der Waals surface area contributed by atoms with Crippen molar-refractivity contribution < 1.29 is 14.3 Å². The van der Waals surface area contributed by atoms with Crippen LogP contribution in [-0.2, 0) is 4.74 Å². The van der Waals surface area contributed by atoms with E-state index in [9.17, 15) is 9.59 Å². The number of aromatic nitrogens is 2. The van der Waals surface area contributed by atoms with E-state index in [4.69, 9.17) is 4.74 Å². The van der Waals surface area contributed by atoms with Crippen LogP contribution in [0.3, 0.4) is 0 Å². The molecule has 3 rings (SSSR count). The summed E-state index contributed by atoms with van der Waals surface area (Å²) >= 11 is 0. The van der Waals surface area contributed by atoms with Crippen molar-refractivity contribution in [2.24, 2.45) is 0 Å². The van der Waals surface area contributed by atoms with Crippen LogP contribution in [0.4, 0.5) is 5.69 Å². The molecule has 6 nitrogen and oxygen atoms in total.